The van der Waals surface area contributed by atoms with E-state index in [0.717, 1.165) is 33.8 Å². The Morgan fingerprint density at radius 2 is 1.96 bits per heavy atom. The van der Waals surface area contributed by atoms with Crippen molar-refractivity contribution in [2.45, 2.75) is 13.0 Å². The molecule has 134 valence electrons. The third-order valence-electron chi connectivity index (χ3n) is 4.31. The first-order valence-corrected chi connectivity index (χ1v) is 8.42. The predicted octanol–water partition coefficient (Wildman–Crippen LogP) is 3.07. The molecule has 0 radical (unpaired) electrons. The highest BCUT2D eigenvalue weighted by Gasteiger charge is 2.13. The van der Waals surface area contributed by atoms with Gasteiger partial charge in [0.05, 0.1) is 19.8 Å². The smallest absolute Gasteiger partial charge is 0.224 e. The minimum absolute atomic E-state index is 0.0709. The Labute approximate surface area is 150 Å². The number of ether oxygens (including phenoxy) is 3. The number of carbonyl (C=O) groups excluding carboxylic acids is 1. The number of methoxy groups -OCH3 is 1. The standard InChI is InChI=1S/C20H19NO5/c1-23-15-3-4-16-14(12-26-18(16)10-15)9-20(22)21-11-13-2-5-17-19(8-13)25-7-6-24-17/h2-5,8,10,12H,6-7,9,11H2,1H3,(H,21,22). The molecule has 0 aliphatic carbocycles. The summed E-state index contributed by atoms with van der Waals surface area (Å²) in [6.45, 7) is 1.54. The molecule has 0 saturated carbocycles. The zero-order valence-electron chi connectivity index (χ0n) is 14.4. The highest BCUT2D eigenvalue weighted by Crippen LogP contribution is 2.30. The molecule has 1 aromatic heterocycles. The Morgan fingerprint density at radius 3 is 2.81 bits per heavy atom. The van der Waals surface area contributed by atoms with Crippen molar-refractivity contribution >= 4 is 16.9 Å². The monoisotopic (exact) mass is 353 g/mol. The Balaban J connectivity index is 1.40. The predicted molar refractivity (Wildman–Crippen MR) is 95.7 cm³/mol. The third kappa shape index (κ3) is 3.31. The highest BCUT2D eigenvalue weighted by molar-refractivity contribution is 5.88. The summed E-state index contributed by atoms with van der Waals surface area (Å²) in [4.78, 5) is 12.3. The van der Waals surface area contributed by atoms with Crippen molar-refractivity contribution in [2.24, 2.45) is 0 Å². The number of nitrogens with one attached hydrogen (secondary N) is 1. The summed E-state index contributed by atoms with van der Waals surface area (Å²) < 4.78 is 21.8. The van der Waals surface area contributed by atoms with E-state index >= 15 is 0 Å². The number of furan rings is 1. The molecule has 6 heteroatoms. The fraction of sp³-hybridized carbons (Fsp3) is 0.250. The minimum Gasteiger partial charge on any atom is -0.497 e. The number of carbonyl (C=O) groups is 1. The maximum atomic E-state index is 12.3. The molecule has 2 heterocycles. The van der Waals surface area contributed by atoms with Crippen molar-refractivity contribution in [3.8, 4) is 17.2 Å². The van der Waals surface area contributed by atoms with Gasteiger partial charge < -0.3 is 23.9 Å². The summed E-state index contributed by atoms with van der Waals surface area (Å²) >= 11 is 0. The van der Waals surface area contributed by atoms with Gasteiger partial charge in [-0.1, -0.05) is 6.07 Å². The normalized spacial score (nSPS) is 12.8. The molecule has 26 heavy (non-hydrogen) atoms. The summed E-state index contributed by atoms with van der Waals surface area (Å²) in [5, 5.41) is 3.85. The number of rotatable bonds is 5. The van der Waals surface area contributed by atoms with Gasteiger partial charge in [0, 0.05) is 23.6 Å². The van der Waals surface area contributed by atoms with E-state index in [1.54, 1.807) is 13.4 Å². The van der Waals surface area contributed by atoms with Crippen LogP contribution >= 0.6 is 0 Å². The highest BCUT2D eigenvalue weighted by atomic mass is 16.6. The molecule has 3 aromatic rings. The summed E-state index contributed by atoms with van der Waals surface area (Å²) in [6, 6.07) is 11.3. The van der Waals surface area contributed by atoms with Crippen LogP contribution < -0.4 is 19.5 Å². The van der Waals surface area contributed by atoms with E-state index in [9.17, 15) is 4.79 Å². The first-order chi connectivity index (χ1) is 12.7. The SMILES string of the molecule is COc1ccc2c(CC(=O)NCc3ccc4c(c3)OCCO4)coc2c1. The van der Waals surface area contributed by atoms with Crippen LogP contribution in [0.1, 0.15) is 11.1 Å². The van der Waals surface area contributed by atoms with Crippen molar-refractivity contribution in [2.75, 3.05) is 20.3 Å². The van der Waals surface area contributed by atoms with Gasteiger partial charge in [0.2, 0.25) is 5.91 Å². The maximum absolute atomic E-state index is 12.3. The van der Waals surface area contributed by atoms with Crippen LogP contribution in [0.15, 0.2) is 47.1 Å². The Kier molecular flexibility index (Phi) is 4.39. The fourth-order valence-electron chi connectivity index (χ4n) is 2.96. The number of hydrogen-bond donors (Lipinski definition) is 1. The first-order valence-electron chi connectivity index (χ1n) is 8.42. The van der Waals surface area contributed by atoms with E-state index in [-0.39, 0.29) is 12.3 Å². The lowest BCUT2D eigenvalue weighted by molar-refractivity contribution is -0.120. The summed E-state index contributed by atoms with van der Waals surface area (Å²) in [5.74, 6) is 2.12. The summed E-state index contributed by atoms with van der Waals surface area (Å²) in [5.41, 5.74) is 2.52. The molecule has 1 aliphatic rings. The quantitative estimate of drug-likeness (QED) is 0.763. The van der Waals surface area contributed by atoms with Crippen LogP contribution in [0.25, 0.3) is 11.0 Å². The van der Waals surface area contributed by atoms with Crippen molar-refractivity contribution in [3.63, 3.8) is 0 Å². The third-order valence-corrected chi connectivity index (χ3v) is 4.31. The van der Waals surface area contributed by atoms with Gasteiger partial charge in [-0.15, -0.1) is 0 Å². The first kappa shape index (κ1) is 16.3. The second-order valence-corrected chi connectivity index (χ2v) is 6.05. The molecule has 0 unspecified atom stereocenters. The number of fused-ring (bicyclic) bond motifs is 2. The van der Waals surface area contributed by atoms with Gasteiger partial charge in [-0.25, -0.2) is 0 Å². The molecule has 1 aliphatic heterocycles. The van der Waals surface area contributed by atoms with Crippen LogP contribution in [0, 0.1) is 0 Å². The van der Waals surface area contributed by atoms with Crippen molar-refractivity contribution < 1.29 is 23.4 Å². The lowest BCUT2D eigenvalue weighted by Gasteiger charge is -2.18. The van der Waals surface area contributed by atoms with Gasteiger partial charge >= 0.3 is 0 Å². The van der Waals surface area contributed by atoms with Gasteiger partial charge in [0.15, 0.2) is 11.5 Å². The molecule has 6 nitrogen and oxygen atoms in total. The topological polar surface area (TPSA) is 69.9 Å². The molecule has 0 saturated heterocycles. The van der Waals surface area contributed by atoms with Gasteiger partial charge in [0.1, 0.15) is 24.5 Å². The van der Waals surface area contributed by atoms with E-state index in [4.69, 9.17) is 18.6 Å². The van der Waals surface area contributed by atoms with Gasteiger partial charge in [-0.2, -0.15) is 0 Å². The molecule has 1 amide bonds. The number of amides is 1. The second-order valence-electron chi connectivity index (χ2n) is 6.05. The molecule has 0 atom stereocenters. The van der Waals surface area contributed by atoms with Crippen molar-refractivity contribution in [1.29, 1.82) is 0 Å². The Hall–Kier alpha value is -3.15. The molecular weight excluding hydrogens is 334 g/mol. The summed E-state index contributed by atoms with van der Waals surface area (Å²) in [7, 11) is 1.61. The van der Waals surface area contributed by atoms with E-state index < -0.39 is 0 Å². The zero-order chi connectivity index (χ0) is 17.9. The molecule has 0 fully saturated rings. The molecule has 1 N–H and O–H groups in total. The van der Waals surface area contributed by atoms with Gasteiger partial charge in [-0.05, 0) is 29.8 Å². The molecule has 0 bridgehead atoms. The van der Waals surface area contributed by atoms with Gasteiger partial charge in [0.25, 0.3) is 0 Å². The van der Waals surface area contributed by atoms with Crippen LogP contribution in [0.4, 0.5) is 0 Å². The van der Waals surface area contributed by atoms with E-state index in [0.29, 0.717) is 25.3 Å². The minimum atomic E-state index is -0.0709. The van der Waals surface area contributed by atoms with E-state index in [1.807, 2.05) is 36.4 Å². The van der Waals surface area contributed by atoms with Crippen LogP contribution in [-0.2, 0) is 17.8 Å². The lowest BCUT2D eigenvalue weighted by Crippen LogP contribution is -2.24. The average molecular weight is 353 g/mol. The Bertz CT molecular complexity index is 947. The zero-order valence-corrected chi connectivity index (χ0v) is 14.4. The molecule has 2 aromatic carbocycles. The summed E-state index contributed by atoms with van der Waals surface area (Å²) in [6.07, 6.45) is 1.87. The van der Waals surface area contributed by atoms with Crippen molar-refractivity contribution in [1.82, 2.24) is 5.32 Å². The van der Waals surface area contributed by atoms with Crippen LogP contribution in [0.2, 0.25) is 0 Å². The molecular formula is C20H19NO5. The largest absolute Gasteiger partial charge is 0.497 e. The lowest BCUT2D eigenvalue weighted by atomic mass is 10.1. The number of hydrogen-bond acceptors (Lipinski definition) is 5. The maximum Gasteiger partial charge on any atom is 0.224 e. The van der Waals surface area contributed by atoms with Crippen LogP contribution in [0.5, 0.6) is 17.2 Å². The van der Waals surface area contributed by atoms with Gasteiger partial charge in [-0.3, -0.25) is 4.79 Å². The van der Waals surface area contributed by atoms with Crippen molar-refractivity contribution in [3.05, 3.63) is 53.8 Å². The Morgan fingerprint density at radius 1 is 1.12 bits per heavy atom. The fourth-order valence-corrected chi connectivity index (χ4v) is 2.96. The van der Waals surface area contributed by atoms with Crippen LogP contribution in [0.3, 0.4) is 0 Å². The van der Waals surface area contributed by atoms with E-state index in [2.05, 4.69) is 5.32 Å². The number of benzene rings is 2. The molecule has 4 rings (SSSR count). The van der Waals surface area contributed by atoms with Crippen LogP contribution in [-0.4, -0.2) is 26.2 Å². The second kappa shape index (κ2) is 7.00. The average Bonchev–Trinajstić information content (AvgIpc) is 3.08. The van der Waals surface area contributed by atoms with E-state index in [1.165, 1.54) is 0 Å². The molecule has 0 spiro atoms.